The molecule has 3 heterocycles. The number of ether oxygens (including phenoxy) is 1. The SMILES string of the molecule is COC(=O)Nc1ccc(-c2nc([C@@H]3C[C@H](C4CCN(S(C)(=O)=O)CC4)CN3C(=O)C3CCC([C@H](C)N)CC3)[nH]c2Cl)cc1.O=C(O)C(F)(F)F.O=C(O)C(F)(F)F. The highest BCUT2D eigenvalue weighted by molar-refractivity contribution is 7.88. The Balaban J connectivity index is 0.000000531. The van der Waals surface area contributed by atoms with E-state index in [0.29, 0.717) is 53.8 Å². The van der Waals surface area contributed by atoms with E-state index >= 15 is 0 Å². The number of carbonyl (C=O) groups is 4. The molecule has 0 radical (unpaired) electrons. The number of imidazole rings is 1. The van der Waals surface area contributed by atoms with Gasteiger partial charge in [0.05, 0.1) is 19.4 Å². The molecule has 320 valence electrons. The molecular weight excluding hydrogens is 818 g/mol. The predicted molar refractivity (Wildman–Crippen MR) is 193 cm³/mol. The van der Waals surface area contributed by atoms with Crippen LogP contribution in [0, 0.1) is 23.7 Å². The molecule has 3 aliphatic rings. The fourth-order valence-corrected chi connectivity index (χ4v) is 8.24. The number of alkyl halides is 6. The molecule has 57 heavy (non-hydrogen) atoms. The Kier molecular flexibility index (Phi) is 16.2. The standard InChI is InChI=1S/C30H43ClN6O5S.2C2HF3O2/c1-18(32)19-4-6-22(7-5-19)29(38)37-17-23(20-12-14-36(15-13-20)43(3,40)41)16-25(37)28-34-26(27(31)35-28)21-8-10-24(11-9-21)33-30(39)42-2;2*3-2(4,5)1(6)7/h8-11,18-20,22-23,25H,4-7,12-17,32H2,1-3H3,(H,33,39)(H,34,35);2*(H,6,7)/t18-,19?,22?,23-,25-;;/m0../s1. The molecule has 1 saturated carbocycles. The number of carboxylic acid groups (broad SMARTS) is 2. The van der Waals surface area contributed by atoms with Gasteiger partial charge in [0.2, 0.25) is 15.9 Å². The fraction of sp³-hybridized carbons (Fsp3) is 0.618. The number of nitrogens with zero attached hydrogens (tertiary/aromatic N) is 3. The van der Waals surface area contributed by atoms with Crippen molar-refractivity contribution in [2.75, 3.05) is 38.3 Å². The molecule has 15 nitrogen and oxygen atoms in total. The van der Waals surface area contributed by atoms with Crippen molar-refractivity contribution >= 4 is 51.3 Å². The van der Waals surface area contributed by atoms with Gasteiger partial charge >= 0.3 is 30.4 Å². The molecule has 23 heteroatoms. The molecule has 3 fully saturated rings. The van der Waals surface area contributed by atoms with Gasteiger partial charge in [0.25, 0.3) is 0 Å². The Morgan fingerprint density at radius 2 is 1.46 bits per heavy atom. The van der Waals surface area contributed by atoms with Gasteiger partial charge in [-0.3, -0.25) is 10.1 Å². The second-order valence-electron chi connectivity index (χ2n) is 14.1. The number of amides is 2. The van der Waals surface area contributed by atoms with E-state index in [0.717, 1.165) is 50.5 Å². The maximum absolute atomic E-state index is 14.1. The highest BCUT2D eigenvalue weighted by atomic mass is 35.5. The number of hydrogen-bond donors (Lipinski definition) is 5. The van der Waals surface area contributed by atoms with Gasteiger partial charge in [-0.25, -0.2) is 32.1 Å². The monoisotopic (exact) mass is 862 g/mol. The van der Waals surface area contributed by atoms with Crippen LogP contribution in [0.5, 0.6) is 0 Å². The summed E-state index contributed by atoms with van der Waals surface area (Å²) in [7, 11) is -1.91. The molecule has 0 bridgehead atoms. The third kappa shape index (κ3) is 13.5. The minimum absolute atomic E-state index is 0.0388. The summed E-state index contributed by atoms with van der Waals surface area (Å²) < 4.78 is 93.8. The van der Waals surface area contributed by atoms with Crippen LogP contribution in [0.2, 0.25) is 5.15 Å². The van der Waals surface area contributed by atoms with Crippen LogP contribution in [0.1, 0.15) is 63.7 Å². The number of anilines is 1. The van der Waals surface area contributed by atoms with Gasteiger partial charge in [-0.1, -0.05) is 23.7 Å². The second kappa shape index (κ2) is 19.5. The van der Waals surface area contributed by atoms with Crippen LogP contribution in [0.15, 0.2) is 24.3 Å². The summed E-state index contributed by atoms with van der Waals surface area (Å²) >= 11 is 6.68. The molecule has 1 aliphatic carbocycles. The number of benzene rings is 1. The van der Waals surface area contributed by atoms with Gasteiger partial charge in [0.1, 0.15) is 16.7 Å². The van der Waals surface area contributed by atoms with Crippen molar-refractivity contribution in [2.45, 2.75) is 76.3 Å². The van der Waals surface area contributed by atoms with Crippen molar-refractivity contribution in [3.8, 4) is 11.3 Å². The van der Waals surface area contributed by atoms with Crippen LogP contribution in [0.25, 0.3) is 11.3 Å². The number of hydrogen-bond acceptors (Lipinski definition) is 9. The average molecular weight is 863 g/mol. The van der Waals surface area contributed by atoms with Gasteiger partial charge in [-0.05, 0) is 81.8 Å². The molecule has 2 saturated heterocycles. The normalized spacial score (nSPS) is 22.6. The summed E-state index contributed by atoms with van der Waals surface area (Å²) in [6.07, 6.45) is -3.57. The molecule has 3 atom stereocenters. The molecule has 6 N–H and O–H groups in total. The summed E-state index contributed by atoms with van der Waals surface area (Å²) in [5, 5.41) is 17.3. The van der Waals surface area contributed by atoms with Gasteiger partial charge < -0.3 is 30.6 Å². The van der Waals surface area contributed by atoms with E-state index in [2.05, 4.69) is 15.0 Å². The Hall–Kier alpha value is -4.15. The quantitative estimate of drug-likeness (QED) is 0.206. The summed E-state index contributed by atoms with van der Waals surface area (Å²) in [4.78, 5) is 53.6. The van der Waals surface area contributed by atoms with Crippen molar-refractivity contribution in [2.24, 2.45) is 29.4 Å². The van der Waals surface area contributed by atoms with Crippen LogP contribution in [0.4, 0.5) is 36.8 Å². The molecule has 1 aromatic heterocycles. The number of piperidine rings is 1. The third-order valence-corrected chi connectivity index (χ3v) is 11.8. The summed E-state index contributed by atoms with van der Waals surface area (Å²) in [6.45, 7) is 3.70. The number of nitrogens with two attached hydrogens (primary N) is 1. The van der Waals surface area contributed by atoms with Gasteiger partial charge in [-0.15, -0.1) is 0 Å². The van der Waals surface area contributed by atoms with Crippen molar-refractivity contribution < 1.29 is 68.9 Å². The van der Waals surface area contributed by atoms with E-state index in [1.807, 2.05) is 24.0 Å². The Labute approximate surface area is 329 Å². The zero-order chi connectivity index (χ0) is 43.0. The number of nitrogens with one attached hydrogen (secondary N) is 2. The number of carbonyl (C=O) groups excluding carboxylic acids is 2. The van der Waals surface area contributed by atoms with Crippen LogP contribution in [0.3, 0.4) is 0 Å². The van der Waals surface area contributed by atoms with Crippen LogP contribution >= 0.6 is 11.6 Å². The van der Waals surface area contributed by atoms with Crippen LogP contribution in [-0.4, -0.2) is 113 Å². The van der Waals surface area contributed by atoms with Crippen molar-refractivity contribution in [1.82, 2.24) is 19.2 Å². The molecule has 0 spiro atoms. The Morgan fingerprint density at radius 1 is 0.947 bits per heavy atom. The Morgan fingerprint density at radius 3 is 1.89 bits per heavy atom. The number of likely N-dealkylation sites (tertiary alicyclic amines) is 1. The van der Waals surface area contributed by atoms with Gasteiger partial charge in [0.15, 0.2) is 0 Å². The predicted octanol–water partition coefficient (Wildman–Crippen LogP) is 5.89. The summed E-state index contributed by atoms with van der Waals surface area (Å²) in [5.74, 6) is -3.71. The van der Waals surface area contributed by atoms with E-state index in [9.17, 15) is 44.3 Å². The first kappa shape index (κ1) is 47.2. The fourth-order valence-electron chi connectivity index (χ4n) is 7.12. The number of aliphatic carboxylic acids is 2. The minimum atomic E-state index is -5.08. The lowest BCUT2D eigenvalue weighted by Crippen LogP contribution is -2.41. The van der Waals surface area contributed by atoms with E-state index < -0.39 is 40.4 Å². The number of aromatic amines is 1. The molecule has 2 amide bonds. The van der Waals surface area contributed by atoms with Crippen molar-refractivity contribution in [1.29, 1.82) is 0 Å². The number of methoxy groups -OCH3 is 1. The first-order valence-electron chi connectivity index (χ1n) is 17.7. The lowest BCUT2D eigenvalue weighted by Gasteiger charge is -2.34. The molecular formula is C34H45ClF6N6O9S. The maximum atomic E-state index is 14.1. The first-order valence-corrected chi connectivity index (χ1v) is 19.9. The van der Waals surface area contributed by atoms with E-state index in [1.165, 1.54) is 13.4 Å². The highest BCUT2D eigenvalue weighted by Crippen LogP contribution is 2.44. The second-order valence-corrected chi connectivity index (χ2v) is 16.4. The first-order chi connectivity index (χ1) is 26.3. The van der Waals surface area contributed by atoms with Gasteiger partial charge in [0, 0.05) is 42.8 Å². The maximum Gasteiger partial charge on any atom is 0.490 e. The highest BCUT2D eigenvalue weighted by Gasteiger charge is 2.45. The number of sulfonamides is 1. The van der Waals surface area contributed by atoms with E-state index in [1.54, 1.807) is 16.4 Å². The zero-order valence-corrected chi connectivity index (χ0v) is 32.6. The lowest BCUT2D eigenvalue weighted by molar-refractivity contribution is -0.193. The summed E-state index contributed by atoms with van der Waals surface area (Å²) in [6, 6.07) is 7.03. The molecule has 1 aromatic carbocycles. The van der Waals surface area contributed by atoms with Crippen molar-refractivity contribution in [3.05, 3.63) is 35.2 Å². The van der Waals surface area contributed by atoms with Crippen molar-refractivity contribution in [3.63, 3.8) is 0 Å². The summed E-state index contributed by atoms with van der Waals surface area (Å²) in [5.41, 5.74) is 8.10. The van der Waals surface area contributed by atoms with E-state index in [-0.39, 0.29) is 29.8 Å². The number of carboxylic acids is 2. The average Bonchev–Trinajstić information content (AvgIpc) is 3.75. The molecule has 2 aromatic rings. The molecule has 5 rings (SSSR count). The number of halogens is 7. The largest absolute Gasteiger partial charge is 0.490 e. The molecule has 0 unspecified atom stereocenters. The Bertz CT molecular complexity index is 1790. The van der Waals surface area contributed by atoms with Crippen LogP contribution in [-0.2, 0) is 29.1 Å². The number of aromatic nitrogens is 2. The number of H-pyrrole nitrogens is 1. The number of rotatable bonds is 7. The molecule has 2 aliphatic heterocycles. The van der Waals surface area contributed by atoms with Crippen LogP contribution < -0.4 is 11.1 Å². The zero-order valence-electron chi connectivity index (χ0n) is 31.1. The minimum Gasteiger partial charge on any atom is -0.475 e. The third-order valence-electron chi connectivity index (χ3n) is 10.2. The smallest absolute Gasteiger partial charge is 0.475 e. The van der Waals surface area contributed by atoms with E-state index in [4.69, 9.17) is 42.1 Å². The van der Waals surface area contributed by atoms with Gasteiger partial charge in [-0.2, -0.15) is 26.3 Å². The lowest BCUT2D eigenvalue weighted by atomic mass is 9.78. The topological polar surface area (TPSA) is 225 Å².